The summed E-state index contributed by atoms with van der Waals surface area (Å²) < 4.78 is 0. The van der Waals surface area contributed by atoms with E-state index in [0.29, 0.717) is 6.04 Å². The lowest BCUT2D eigenvalue weighted by molar-refractivity contribution is 0.170. The number of nitrogens with zero attached hydrogens (tertiary/aromatic N) is 1. The van der Waals surface area contributed by atoms with E-state index in [9.17, 15) is 0 Å². The molecule has 122 valence electrons. The molecule has 1 fully saturated rings. The molecule has 1 saturated heterocycles. The molecule has 0 aliphatic carbocycles. The van der Waals surface area contributed by atoms with E-state index in [0.717, 1.165) is 26.2 Å². The maximum Gasteiger partial charge on any atom is 0.0352 e. The summed E-state index contributed by atoms with van der Waals surface area (Å²) in [4.78, 5) is 2.63. The van der Waals surface area contributed by atoms with Gasteiger partial charge in [0.05, 0.1) is 0 Å². The van der Waals surface area contributed by atoms with E-state index in [-0.39, 0.29) is 24.8 Å². The van der Waals surface area contributed by atoms with Gasteiger partial charge in [-0.2, -0.15) is 0 Å². The Morgan fingerprint density at radius 2 is 1.64 bits per heavy atom. The Labute approximate surface area is 146 Å². The summed E-state index contributed by atoms with van der Waals surface area (Å²) in [6.45, 7) is 9.04. The third kappa shape index (κ3) is 3.75. The van der Waals surface area contributed by atoms with Gasteiger partial charge in [-0.1, -0.05) is 43.3 Å². The zero-order valence-electron chi connectivity index (χ0n) is 13.3. The van der Waals surface area contributed by atoms with Gasteiger partial charge in [0.1, 0.15) is 0 Å². The van der Waals surface area contributed by atoms with Crippen molar-refractivity contribution in [3.8, 4) is 0 Å². The molecule has 1 atom stereocenters. The molecule has 0 radical (unpaired) electrons. The Balaban J connectivity index is 0.00000121. The quantitative estimate of drug-likeness (QED) is 0.893. The van der Waals surface area contributed by atoms with Crippen LogP contribution in [0.15, 0.2) is 36.4 Å². The van der Waals surface area contributed by atoms with Crippen molar-refractivity contribution >= 4 is 35.6 Å². The molecule has 1 heterocycles. The zero-order valence-corrected chi connectivity index (χ0v) is 15.0. The smallest absolute Gasteiger partial charge is 0.0352 e. The first-order valence-electron chi connectivity index (χ1n) is 7.74. The van der Waals surface area contributed by atoms with E-state index in [1.165, 1.54) is 28.3 Å². The maximum absolute atomic E-state index is 3.45. The lowest BCUT2D eigenvalue weighted by Gasteiger charge is -2.35. The van der Waals surface area contributed by atoms with Crippen LogP contribution in [0.4, 0.5) is 0 Å². The van der Waals surface area contributed by atoms with Gasteiger partial charge in [0.2, 0.25) is 0 Å². The number of hydrogen-bond acceptors (Lipinski definition) is 2. The van der Waals surface area contributed by atoms with E-state index in [2.05, 4.69) is 60.5 Å². The SMILES string of the molecule is CC[C@H](c1ccc(C)c2ccccc12)N1CCNCC1.Cl.Cl. The Morgan fingerprint density at radius 3 is 2.27 bits per heavy atom. The molecule has 2 aromatic carbocycles. The van der Waals surface area contributed by atoms with E-state index >= 15 is 0 Å². The second-order valence-electron chi connectivity index (χ2n) is 5.73. The molecule has 0 spiro atoms. The highest BCUT2D eigenvalue weighted by Crippen LogP contribution is 2.32. The van der Waals surface area contributed by atoms with Gasteiger partial charge in [-0.05, 0) is 35.2 Å². The summed E-state index contributed by atoms with van der Waals surface area (Å²) in [5.74, 6) is 0. The molecule has 4 heteroatoms. The van der Waals surface area contributed by atoms with Crippen LogP contribution in [0.2, 0.25) is 0 Å². The van der Waals surface area contributed by atoms with Gasteiger partial charge in [0.15, 0.2) is 0 Å². The van der Waals surface area contributed by atoms with Gasteiger partial charge in [0, 0.05) is 32.2 Å². The van der Waals surface area contributed by atoms with Crippen molar-refractivity contribution in [1.82, 2.24) is 10.2 Å². The van der Waals surface area contributed by atoms with Gasteiger partial charge in [-0.25, -0.2) is 0 Å². The van der Waals surface area contributed by atoms with Crippen molar-refractivity contribution in [1.29, 1.82) is 0 Å². The normalized spacial score (nSPS) is 16.6. The second kappa shape index (κ2) is 8.73. The third-order valence-electron chi connectivity index (χ3n) is 4.51. The average Bonchev–Trinajstić information content (AvgIpc) is 2.52. The van der Waals surface area contributed by atoms with Crippen LogP contribution in [0.3, 0.4) is 0 Å². The third-order valence-corrected chi connectivity index (χ3v) is 4.51. The van der Waals surface area contributed by atoms with Crippen LogP contribution in [0.5, 0.6) is 0 Å². The summed E-state index contributed by atoms with van der Waals surface area (Å²) in [7, 11) is 0. The number of piperazine rings is 1. The highest BCUT2D eigenvalue weighted by molar-refractivity contribution is 5.89. The van der Waals surface area contributed by atoms with Crippen molar-refractivity contribution < 1.29 is 0 Å². The molecule has 0 saturated carbocycles. The van der Waals surface area contributed by atoms with Crippen LogP contribution in [0, 0.1) is 6.92 Å². The molecule has 22 heavy (non-hydrogen) atoms. The van der Waals surface area contributed by atoms with E-state index < -0.39 is 0 Å². The van der Waals surface area contributed by atoms with E-state index in [1.54, 1.807) is 0 Å². The summed E-state index contributed by atoms with van der Waals surface area (Å²) in [6.07, 6.45) is 1.17. The van der Waals surface area contributed by atoms with Crippen molar-refractivity contribution in [2.75, 3.05) is 26.2 Å². The number of benzene rings is 2. The predicted molar refractivity (Wildman–Crippen MR) is 101 cm³/mol. The standard InChI is InChI=1S/C18H24N2.2ClH/c1-3-18(20-12-10-19-11-13-20)17-9-8-14(2)15-6-4-5-7-16(15)17;;/h4-9,18-19H,3,10-13H2,1-2H3;2*1H/t18-;;/m1../s1. The van der Waals surface area contributed by atoms with Gasteiger partial charge in [-0.3, -0.25) is 4.90 Å². The lowest BCUT2D eigenvalue weighted by atomic mass is 9.93. The van der Waals surface area contributed by atoms with Crippen LogP contribution >= 0.6 is 24.8 Å². The summed E-state index contributed by atoms with van der Waals surface area (Å²) in [5, 5.41) is 6.28. The molecule has 3 rings (SSSR count). The van der Waals surface area contributed by atoms with Crippen LogP contribution < -0.4 is 5.32 Å². The molecule has 1 aliphatic heterocycles. The minimum absolute atomic E-state index is 0. The van der Waals surface area contributed by atoms with E-state index in [1.807, 2.05) is 0 Å². The topological polar surface area (TPSA) is 15.3 Å². The van der Waals surface area contributed by atoms with Crippen LogP contribution in [0.1, 0.15) is 30.5 Å². The molecule has 2 nitrogen and oxygen atoms in total. The molecular formula is C18H26Cl2N2. The van der Waals surface area contributed by atoms with Crippen molar-refractivity contribution in [3.63, 3.8) is 0 Å². The average molecular weight is 341 g/mol. The number of halogens is 2. The molecule has 1 aliphatic rings. The number of hydrogen-bond donors (Lipinski definition) is 1. The van der Waals surface area contributed by atoms with Crippen LogP contribution in [-0.4, -0.2) is 31.1 Å². The number of fused-ring (bicyclic) bond motifs is 1. The number of nitrogens with one attached hydrogen (secondary N) is 1. The van der Waals surface area contributed by atoms with Crippen LogP contribution in [-0.2, 0) is 0 Å². The first-order chi connectivity index (χ1) is 9.81. The molecule has 1 N–H and O–H groups in total. The lowest BCUT2D eigenvalue weighted by Crippen LogP contribution is -2.45. The summed E-state index contributed by atoms with van der Waals surface area (Å²) in [5.41, 5.74) is 2.87. The molecule has 0 aromatic heterocycles. The minimum atomic E-state index is 0. The molecule has 0 bridgehead atoms. The highest BCUT2D eigenvalue weighted by atomic mass is 35.5. The Morgan fingerprint density at radius 1 is 1.00 bits per heavy atom. The predicted octanol–water partition coefficient (Wildman–Crippen LogP) is 4.35. The monoisotopic (exact) mass is 340 g/mol. The van der Waals surface area contributed by atoms with Crippen molar-refractivity contribution in [3.05, 3.63) is 47.5 Å². The fourth-order valence-corrected chi connectivity index (χ4v) is 3.43. The molecule has 0 amide bonds. The fraction of sp³-hybridized carbons (Fsp3) is 0.444. The first-order valence-corrected chi connectivity index (χ1v) is 7.74. The molecular weight excluding hydrogens is 315 g/mol. The Kier molecular flexibility index (Phi) is 7.64. The Hall–Kier alpha value is -0.800. The largest absolute Gasteiger partial charge is 0.314 e. The first kappa shape index (κ1) is 19.2. The number of aryl methyl sites for hydroxylation is 1. The highest BCUT2D eigenvalue weighted by Gasteiger charge is 2.22. The molecule has 2 aromatic rings. The number of rotatable bonds is 3. The van der Waals surface area contributed by atoms with Crippen LogP contribution in [0.25, 0.3) is 10.8 Å². The second-order valence-corrected chi connectivity index (χ2v) is 5.73. The van der Waals surface area contributed by atoms with E-state index in [4.69, 9.17) is 0 Å². The minimum Gasteiger partial charge on any atom is -0.314 e. The zero-order chi connectivity index (χ0) is 13.9. The van der Waals surface area contributed by atoms with Gasteiger partial charge in [0.25, 0.3) is 0 Å². The van der Waals surface area contributed by atoms with Gasteiger partial charge >= 0.3 is 0 Å². The van der Waals surface area contributed by atoms with Crippen molar-refractivity contribution in [2.45, 2.75) is 26.3 Å². The molecule has 0 unspecified atom stereocenters. The van der Waals surface area contributed by atoms with Gasteiger partial charge in [-0.15, -0.1) is 24.8 Å². The maximum atomic E-state index is 3.45. The van der Waals surface area contributed by atoms with Crippen molar-refractivity contribution in [2.24, 2.45) is 0 Å². The summed E-state index contributed by atoms with van der Waals surface area (Å²) >= 11 is 0. The van der Waals surface area contributed by atoms with Gasteiger partial charge < -0.3 is 5.32 Å². The fourth-order valence-electron chi connectivity index (χ4n) is 3.43. The summed E-state index contributed by atoms with van der Waals surface area (Å²) in [6, 6.07) is 14.0. The Bertz CT molecular complexity index is 595.